The fraction of sp³-hybridized carbons (Fsp3) is 0.269. The molecule has 4 rings (SSSR count). The van der Waals surface area contributed by atoms with Gasteiger partial charge in [0.05, 0.1) is 6.42 Å². The van der Waals surface area contributed by atoms with Crippen LogP contribution in [-0.2, 0) is 20.7 Å². The molecule has 34 heavy (non-hydrogen) atoms. The fourth-order valence-electron chi connectivity index (χ4n) is 4.27. The number of carboxylic acids is 1. The van der Waals surface area contributed by atoms with Crippen molar-refractivity contribution >= 4 is 29.3 Å². The Morgan fingerprint density at radius 1 is 1.03 bits per heavy atom. The molecule has 1 aromatic heterocycles. The minimum Gasteiger partial charge on any atom is -0.481 e. The maximum absolute atomic E-state index is 12.9. The smallest absolute Gasteiger partial charge is 0.407 e. The summed E-state index contributed by atoms with van der Waals surface area (Å²) in [5.74, 6) is -1.77. The Morgan fingerprint density at radius 3 is 2.26 bits per heavy atom. The minimum absolute atomic E-state index is 0.0854. The lowest BCUT2D eigenvalue weighted by Crippen LogP contribution is -2.49. The van der Waals surface area contributed by atoms with Crippen LogP contribution in [-0.4, -0.2) is 54.2 Å². The third-order valence-corrected chi connectivity index (χ3v) is 6.90. The summed E-state index contributed by atoms with van der Waals surface area (Å²) in [5, 5.41) is 13.7. The monoisotopic (exact) mass is 478 g/mol. The minimum atomic E-state index is -1.21. The number of amides is 2. The van der Waals surface area contributed by atoms with Crippen LogP contribution >= 0.6 is 11.3 Å². The summed E-state index contributed by atoms with van der Waals surface area (Å²) in [6, 6.07) is 18.7. The van der Waals surface area contributed by atoms with E-state index in [1.54, 1.807) is 18.4 Å². The lowest BCUT2D eigenvalue weighted by atomic mass is 9.98. The van der Waals surface area contributed by atoms with Crippen LogP contribution in [0.15, 0.2) is 66.0 Å². The summed E-state index contributed by atoms with van der Waals surface area (Å²) in [6.45, 7) is 0.504. The normalized spacial score (nSPS) is 13.0. The predicted octanol–water partition coefficient (Wildman–Crippen LogP) is 4.13. The van der Waals surface area contributed by atoms with Crippen molar-refractivity contribution in [2.45, 2.75) is 24.8 Å². The molecule has 0 saturated heterocycles. The molecule has 2 amide bonds. The molecule has 2 N–H and O–H groups in total. The first kappa shape index (κ1) is 23.5. The van der Waals surface area contributed by atoms with Gasteiger partial charge in [-0.25, -0.2) is 4.79 Å². The molecule has 1 aliphatic rings. The quantitative estimate of drug-likeness (QED) is 0.482. The number of carbonyl (C=O) groups is 3. The Hall–Kier alpha value is -3.65. The number of aliphatic carboxylic acids is 1. The molecular formula is C26H26N2O5S. The Kier molecular flexibility index (Phi) is 7.27. The second kappa shape index (κ2) is 10.5. The maximum atomic E-state index is 12.9. The number of carbonyl (C=O) groups excluding carboxylic acids is 2. The number of hydrogen-bond donors (Lipinski definition) is 2. The Bertz CT molecular complexity index is 1130. The van der Waals surface area contributed by atoms with Crippen LogP contribution in [0, 0.1) is 0 Å². The molecule has 0 aliphatic heterocycles. The second-order valence-electron chi connectivity index (χ2n) is 8.21. The number of hydrogen-bond acceptors (Lipinski definition) is 5. The molecule has 0 saturated carbocycles. The third kappa shape index (κ3) is 5.28. The topological polar surface area (TPSA) is 95.9 Å². The van der Waals surface area contributed by atoms with Crippen molar-refractivity contribution in [3.8, 4) is 11.1 Å². The maximum Gasteiger partial charge on any atom is 0.407 e. The van der Waals surface area contributed by atoms with Gasteiger partial charge < -0.3 is 20.1 Å². The van der Waals surface area contributed by atoms with Crippen LogP contribution in [0.5, 0.6) is 0 Å². The third-order valence-electron chi connectivity index (χ3n) is 5.96. The first-order valence-corrected chi connectivity index (χ1v) is 11.9. The van der Waals surface area contributed by atoms with Crippen LogP contribution in [0.2, 0.25) is 0 Å². The zero-order chi connectivity index (χ0) is 24.1. The number of carboxylic acid groups (broad SMARTS) is 1. The first-order valence-electron chi connectivity index (χ1n) is 11.0. The van der Waals surface area contributed by atoms with Crippen LogP contribution < -0.4 is 5.32 Å². The van der Waals surface area contributed by atoms with Gasteiger partial charge in [0.2, 0.25) is 5.91 Å². The largest absolute Gasteiger partial charge is 0.481 e. The number of alkyl carbamates (subject to hydrolysis) is 1. The van der Waals surface area contributed by atoms with Crippen molar-refractivity contribution in [2.24, 2.45) is 0 Å². The van der Waals surface area contributed by atoms with E-state index in [2.05, 4.69) is 5.32 Å². The molecule has 0 fully saturated rings. The van der Waals surface area contributed by atoms with Gasteiger partial charge in [0.15, 0.2) is 0 Å². The summed E-state index contributed by atoms with van der Waals surface area (Å²) in [4.78, 5) is 39.4. The highest BCUT2D eigenvalue weighted by atomic mass is 32.1. The van der Waals surface area contributed by atoms with Gasteiger partial charge in [0.25, 0.3) is 0 Å². The van der Waals surface area contributed by atoms with Crippen molar-refractivity contribution < 1.29 is 24.2 Å². The van der Waals surface area contributed by atoms with E-state index in [4.69, 9.17) is 4.74 Å². The van der Waals surface area contributed by atoms with Crippen LogP contribution in [0.3, 0.4) is 0 Å². The molecule has 7 nitrogen and oxygen atoms in total. The van der Waals surface area contributed by atoms with Crippen molar-refractivity contribution in [1.29, 1.82) is 0 Å². The fourth-order valence-corrected chi connectivity index (χ4v) is 4.96. The van der Waals surface area contributed by atoms with Gasteiger partial charge in [-0.2, -0.15) is 0 Å². The number of thiophene rings is 1. The van der Waals surface area contributed by atoms with Gasteiger partial charge >= 0.3 is 12.1 Å². The summed E-state index contributed by atoms with van der Waals surface area (Å²) in [7, 11) is 1.60. The lowest BCUT2D eigenvalue weighted by Gasteiger charge is -2.24. The molecule has 2 aromatic carbocycles. The number of nitrogens with zero attached hydrogens (tertiary/aromatic N) is 1. The van der Waals surface area contributed by atoms with E-state index in [0.717, 1.165) is 27.1 Å². The molecule has 0 bridgehead atoms. The molecule has 0 radical (unpaired) electrons. The van der Waals surface area contributed by atoms with Crippen LogP contribution in [0.1, 0.15) is 28.3 Å². The number of nitrogens with one attached hydrogen (secondary N) is 1. The van der Waals surface area contributed by atoms with E-state index < -0.39 is 30.4 Å². The Morgan fingerprint density at radius 2 is 1.68 bits per heavy atom. The molecule has 1 atom stereocenters. The van der Waals surface area contributed by atoms with Crippen LogP contribution in [0.25, 0.3) is 11.1 Å². The number of benzene rings is 2. The second-order valence-corrected chi connectivity index (χ2v) is 9.24. The summed E-state index contributed by atoms with van der Waals surface area (Å²) < 4.78 is 5.49. The number of ether oxygens (including phenoxy) is 1. The van der Waals surface area contributed by atoms with E-state index in [9.17, 15) is 19.5 Å². The van der Waals surface area contributed by atoms with Gasteiger partial charge in [-0.1, -0.05) is 54.6 Å². The van der Waals surface area contributed by atoms with Gasteiger partial charge in [-0.15, -0.1) is 11.3 Å². The van der Waals surface area contributed by atoms with E-state index >= 15 is 0 Å². The highest BCUT2D eigenvalue weighted by Gasteiger charge is 2.31. The average Bonchev–Trinajstić information content (AvgIpc) is 3.46. The highest BCUT2D eigenvalue weighted by Crippen LogP contribution is 2.44. The van der Waals surface area contributed by atoms with E-state index in [-0.39, 0.29) is 12.5 Å². The van der Waals surface area contributed by atoms with Gasteiger partial charge in [-0.05, 0) is 40.1 Å². The van der Waals surface area contributed by atoms with Gasteiger partial charge in [0, 0.05) is 24.4 Å². The zero-order valence-electron chi connectivity index (χ0n) is 18.8. The predicted molar refractivity (Wildman–Crippen MR) is 130 cm³/mol. The molecule has 1 heterocycles. The summed E-state index contributed by atoms with van der Waals surface area (Å²) in [5.41, 5.74) is 4.36. The molecular weight excluding hydrogens is 452 g/mol. The molecule has 8 heteroatoms. The molecule has 176 valence electrons. The Labute approximate surface area is 202 Å². The zero-order valence-corrected chi connectivity index (χ0v) is 19.6. The Balaban J connectivity index is 1.38. The molecule has 3 aromatic rings. The van der Waals surface area contributed by atoms with E-state index in [1.165, 1.54) is 4.90 Å². The number of fused-ring (bicyclic) bond motifs is 3. The van der Waals surface area contributed by atoms with Gasteiger partial charge in [-0.3, -0.25) is 9.59 Å². The average molecular weight is 479 g/mol. The number of likely N-dealkylation sites (N-methyl/N-ethyl adjacent to an activating group) is 1. The summed E-state index contributed by atoms with van der Waals surface area (Å²) >= 11 is 1.59. The highest BCUT2D eigenvalue weighted by molar-refractivity contribution is 7.09. The lowest BCUT2D eigenvalue weighted by molar-refractivity contribution is -0.142. The summed E-state index contributed by atoms with van der Waals surface area (Å²) in [6.07, 6.45) is -0.676. The molecule has 1 aliphatic carbocycles. The van der Waals surface area contributed by atoms with E-state index in [0.29, 0.717) is 13.0 Å². The molecule has 0 spiro atoms. The van der Waals surface area contributed by atoms with Crippen molar-refractivity contribution in [3.63, 3.8) is 0 Å². The van der Waals surface area contributed by atoms with Crippen molar-refractivity contribution in [1.82, 2.24) is 10.2 Å². The van der Waals surface area contributed by atoms with Crippen LogP contribution in [0.4, 0.5) is 4.79 Å². The van der Waals surface area contributed by atoms with Crippen molar-refractivity contribution in [3.05, 3.63) is 82.0 Å². The first-order chi connectivity index (χ1) is 16.4. The SMILES string of the molecule is CN(CCc1cccs1)C(=O)C(CC(=O)O)NC(=O)OCC1c2ccccc2-c2ccccc21. The molecule has 1 unspecified atom stereocenters. The van der Waals surface area contributed by atoms with Gasteiger partial charge in [0.1, 0.15) is 12.6 Å². The van der Waals surface area contributed by atoms with E-state index in [1.807, 2.05) is 66.0 Å². The standard InChI is InChI=1S/C26H26N2O5S/c1-28(13-12-17-7-6-14-34-17)25(31)23(15-24(29)30)27-26(32)33-16-22-20-10-4-2-8-18(20)19-9-3-5-11-21(19)22/h2-11,14,22-23H,12-13,15-16H2,1H3,(H,27,32)(H,29,30). The number of rotatable bonds is 9. The van der Waals surface area contributed by atoms with Crippen molar-refractivity contribution in [2.75, 3.05) is 20.2 Å².